The molecule has 0 bridgehead atoms. The van der Waals surface area contributed by atoms with Crippen LogP contribution in [-0.4, -0.2) is 13.7 Å². The smallest absolute Gasteiger partial charge is 0.123 e. The van der Waals surface area contributed by atoms with E-state index in [2.05, 4.69) is 46.4 Å². The maximum absolute atomic E-state index is 5.59. The second-order valence-corrected chi connectivity index (χ2v) is 6.63. The Balaban J connectivity index is 2.26. The van der Waals surface area contributed by atoms with E-state index in [0.717, 1.165) is 22.7 Å². The van der Waals surface area contributed by atoms with Crippen LogP contribution < -0.4 is 10.1 Å². The van der Waals surface area contributed by atoms with Crippen molar-refractivity contribution in [2.24, 2.45) is 5.92 Å². The predicted octanol–water partition coefficient (Wildman–Crippen LogP) is 5.08. The summed E-state index contributed by atoms with van der Waals surface area (Å²) in [5.74, 6) is 1.74. The van der Waals surface area contributed by atoms with Crippen molar-refractivity contribution >= 4 is 15.9 Å². The molecule has 1 aliphatic rings. The van der Waals surface area contributed by atoms with Gasteiger partial charge < -0.3 is 10.1 Å². The van der Waals surface area contributed by atoms with E-state index in [1.165, 1.54) is 44.1 Å². The molecule has 1 fully saturated rings. The lowest BCUT2D eigenvalue weighted by atomic mass is 9.81. The number of ether oxygens (including phenoxy) is 1. The Bertz CT molecular complexity index is 415. The van der Waals surface area contributed by atoms with Gasteiger partial charge in [-0.15, -0.1) is 0 Å². The first kappa shape index (κ1) is 15.8. The average molecular weight is 340 g/mol. The molecule has 1 aromatic rings. The van der Waals surface area contributed by atoms with Gasteiger partial charge in [-0.05, 0) is 49.9 Å². The van der Waals surface area contributed by atoms with Crippen molar-refractivity contribution in [2.75, 3.05) is 13.7 Å². The Hall–Kier alpha value is -0.540. The molecule has 0 spiro atoms. The van der Waals surface area contributed by atoms with Crippen LogP contribution in [0.15, 0.2) is 22.7 Å². The summed E-state index contributed by atoms with van der Waals surface area (Å²) < 4.78 is 6.72. The van der Waals surface area contributed by atoms with Crippen LogP contribution in [0, 0.1) is 5.92 Å². The number of benzene rings is 1. The van der Waals surface area contributed by atoms with Gasteiger partial charge >= 0.3 is 0 Å². The summed E-state index contributed by atoms with van der Waals surface area (Å²) in [5.41, 5.74) is 1.31. The van der Waals surface area contributed by atoms with Gasteiger partial charge in [-0.1, -0.05) is 42.1 Å². The first-order valence-corrected chi connectivity index (χ1v) is 8.62. The highest BCUT2D eigenvalue weighted by molar-refractivity contribution is 9.10. The van der Waals surface area contributed by atoms with Crippen LogP contribution in [0.2, 0.25) is 0 Å². The van der Waals surface area contributed by atoms with Crippen molar-refractivity contribution in [3.05, 3.63) is 28.2 Å². The number of halogens is 1. The summed E-state index contributed by atoms with van der Waals surface area (Å²) >= 11 is 3.60. The minimum atomic E-state index is 0.419. The van der Waals surface area contributed by atoms with Crippen molar-refractivity contribution in [1.29, 1.82) is 0 Å². The molecule has 20 heavy (non-hydrogen) atoms. The van der Waals surface area contributed by atoms with Gasteiger partial charge in [0.25, 0.3) is 0 Å². The standard InChI is InChI=1S/C17H26BrNO/c1-3-11-19-17(13-7-5-4-6-8-13)15-12-14(18)9-10-16(15)20-2/h9-10,12-13,17,19H,3-8,11H2,1-2H3. The summed E-state index contributed by atoms with van der Waals surface area (Å²) in [5, 5.41) is 3.76. The van der Waals surface area contributed by atoms with Crippen LogP contribution in [-0.2, 0) is 0 Å². The Morgan fingerprint density at radius 2 is 2.05 bits per heavy atom. The molecule has 1 aliphatic carbocycles. The van der Waals surface area contributed by atoms with Gasteiger partial charge in [-0.25, -0.2) is 0 Å². The summed E-state index contributed by atoms with van der Waals surface area (Å²) in [6, 6.07) is 6.77. The van der Waals surface area contributed by atoms with Crippen molar-refractivity contribution in [2.45, 2.75) is 51.5 Å². The molecule has 0 radical (unpaired) electrons. The van der Waals surface area contributed by atoms with Crippen LogP contribution in [0.4, 0.5) is 0 Å². The van der Waals surface area contributed by atoms with E-state index in [9.17, 15) is 0 Å². The summed E-state index contributed by atoms with van der Waals surface area (Å²) in [7, 11) is 1.77. The Morgan fingerprint density at radius 1 is 1.30 bits per heavy atom. The van der Waals surface area contributed by atoms with Gasteiger partial charge in [-0.2, -0.15) is 0 Å². The maximum Gasteiger partial charge on any atom is 0.123 e. The zero-order chi connectivity index (χ0) is 14.4. The fourth-order valence-corrected chi connectivity index (χ4v) is 3.62. The van der Waals surface area contributed by atoms with Gasteiger partial charge in [0.1, 0.15) is 5.75 Å². The van der Waals surface area contributed by atoms with E-state index >= 15 is 0 Å². The average Bonchev–Trinajstić information content (AvgIpc) is 2.49. The number of hydrogen-bond acceptors (Lipinski definition) is 2. The molecule has 3 heteroatoms. The van der Waals surface area contributed by atoms with Gasteiger partial charge in [0.05, 0.1) is 7.11 Å². The minimum Gasteiger partial charge on any atom is -0.496 e. The highest BCUT2D eigenvalue weighted by atomic mass is 79.9. The van der Waals surface area contributed by atoms with Gasteiger partial charge in [0.15, 0.2) is 0 Å². The van der Waals surface area contributed by atoms with Crippen LogP contribution in [0.3, 0.4) is 0 Å². The molecule has 0 aromatic heterocycles. The van der Waals surface area contributed by atoms with E-state index in [1.54, 1.807) is 7.11 Å². The van der Waals surface area contributed by atoms with E-state index in [1.807, 2.05) is 0 Å². The lowest BCUT2D eigenvalue weighted by Crippen LogP contribution is -2.30. The molecule has 0 amide bonds. The zero-order valence-electron chi connectivity index (χ0n) is 12.6. The van der Waals surface area contributed by atoms with Crippen molar-refractivity contribution in [3.8, 4) is 5.75 Å². The summed E-state index contributed by atoms with van der Waals surface area (Å²) in [6.45, 7) is 3.29. The molecule has 0 saturated heterocycles. The first-order chi connectivity index (χ1) is 9.76. The first-order valence-electron chi connectivity index (χ1n) is 7.83. The van der Waals surface area contributed by atoms with E-state index in [-0.39, 0.29) is 0 Å². The zero-order valence-corrected chi connectivity index (χ0v) is 14.2. The molecule has 1 aromatic carbocycles. The second-order valence-electron chi connectivity index (χ2n) is 5.72. The third-order valence-corrected chi connectivity index (χ3v) is 4.76. The normalized spacial score (nSPS) is 17.9. The van der Waals surface area contributed by atoms with E-state index in [4.69, 9.17) is 4.74 Å². The molecule has 0 aliphatic heterocycles. The third kappa shape index (κ3) is 3.98. The lowest BCUT2D eigenvalue weighted by Gasteiger charge is -2.32. The van der Waals surface area contributed by atoms with E-state index < -0.39 is 0 Å². The fourth-order valence-electron chi connectivity index (χ4n) is 3.25. The minimum absolute atomic E-state index is 0.419. The number of hydrogen-bond donors (Lipinski definition) is 1. The predicted molar refractivity (Wildman–Crippen MR) is 88.3 cm³/mol. The Kier molecular flexibility index (Phi) is 6.37. The largest absolute Gasteiger partial charge is 0.496 e. The summed E-state index contributed by atoms with van der Waals surface area (Å²) in [4.78, 5) is 0. The van der Waals surface area contributed by atoms with Crippen LogP contribution in [0.25, 0.3) is 0 Å². The molecule has 1 unspecified atom stereocenters. The monoisotopic (exact) mass is 339 g/mol. The molecule has 1 atom stereocenters. The van der Waals surface area contributed by atoms with Crippen LogP contribution in [0.5, 0.6) is 5.75 Å². The molecule has 0 heterocycles. The van der Waals surface area contributed by atoms with Crippen molar-refractivity contribution in [3.63, 3.8) is 0 Å². The van der Waals surface area contributed by atoms with Gasteiger partial charge in [0, 0.05) is 16.1 Å². The van der Waals surface area contributed by atoms with E-state index in [0.29, 0.717) is 6.04 Å². The molecule has 112 valence electrons. The molecule has 2 nitrogen and oxygen atoms in total. The highest BCUT2D eigenvalue weighted by Gasteiger charge is 2.26. The third-order valence-electron chi connectivity index (χ3n) is 4.26. The SMILES string of the molecule is CCCNC(c1cc(Br)ccc1OC)C1CCCCC1. The number of nitrogens with one attached hydrogen (secondary N) is 1. The number of rotatable bonds is 6. The number of methoxy groups -OCH3 is 1. The van der Waals surface area contributed by atoms with Crippen molar-refractivity contribution < 1.29 is 4.74 Å². The molecular weight excluding hydrogens is 314 g/mol. The maximum atomic E-state index is 5.59. The van der Waals surface area contributed by atoms with Gasteiger partial charge in [0.2, 0.25) is 0 Å². The molecule has 1 N–H and O–H groups in total. The van der Waals surface area contributed by atoms with Crippen molar-refractivity contribution in [1.82, 2.24) is 5.32 Å². The summed E-state index contributed by atoms with van der Waals surface area (Å²) in [6.07, 6.45) is 7.96. The Morgan fingerprint density at radius 3 is 2.70 bits per heavy atom. The van der Waals surface area contributed by atoms with Crippen LogP contribution in [0.1, 0.15) is 57.1 Å². The fraction of sp³-hybridized carbons (Fsp3) is 0.647. The quantitative estimate of drug-likeness (QED) is 0.780. The second kappa shape index (κ2) is 8.04. The van der Waals surface area contributed by atoms with Gasteiger partial charge in [-0.3, -0.25) is 0 Å². The molecule has 1 saturated carbocycles. The Labute approximate surface area is 131 Å². The molecule has 2 rings (SSSR count). The lowest BCUT2D eigenvalue weighted by molar-refractivity contribution is 0.266. The topological polar surface area (TPSA) is 21.3 Å². The van der Waals surface area contributed by atoms with Crippen LogP contribution >= 0.6 is 15.9 Å². The highest BCUT2D eigenvalue weighted by Crippen LogP contribution is 2.39. The molecular formula is C17H26BrNO.